The minimum Gasteiger partial charge on any atom is -0.466 e. The van der Waals surface area contributed by atoms with Crippen molar-refractivity contribution in [1.29, 1.82) is 0 Å². The SMILES string of the molecule is CCCCCCCCCCCCCCCCCCCCC(=O)OCCCCCCCCCCCCCCCCCCCCCCCCCCCCCCCCCCC(=O)NC(CO)C(O)CCCCCCCCCCCCCCC. The summed E-state index contributed by atoms with van der Waals surface area (Å²) in [6, 6.07) is -0.536. The summed E-state index contributed by atoms with van der Waals surface area (Å²) in [5, 5.41) is 23.3. The molecule has 6 nitrogen and oxygen atoms in total. The molecule has 0 fully saturated rings. The molecular weight excluding hydrogens is 983 g/mol. The molecule has 0 saturated carbocycles. The smallest absolute Gasteiger partial charge is 0.305 e. The Morgan fingerprint density at radius 1 is 0.300 bits per heavy atom. The van der Waals surface area contributed by atoms with Crippen molar-refractivity contribution in [3.8, 4) is 0 Å². The van der Waals surface area contributed by atoms with Crippen LogP contribution in [0.15, 0.2) is 0 Å². The highest BCUT2D eigenvalue weighted by Crippen LogP contribution is 2.20. The van der Waals surface area contributed by atoms with Crippen LogP contribution < -0.4 is 5.32 Å². The third kappa shape index (κ3) is 66.0. The zero-order valence-electron chi connectivity index (χ0n) is 54.9. The maximum atomic E-state index is 12.5. The predicted octanol–water partition coefficient (Wildman–Crippen LogP) is 24.2. The molecule has 0 saturated heterocycles. The highest BCUT2D eigenvalue weighted by Gasteiger charge is 2.20. The second-order valence-corrected chi connectivity index (χ2v) is 26.0. The van der Waals surface area contributed by atoms with Gasteiger partial charge in [-0.05, 0) is 25.7 Å². The fourth-order valence-corrected chi connectivity index (χ4v) is 12.2. The van der Waals surface area contributed by atoms with Gasteiger partial charge in [-0.25, -0.2) is 0 Å². The molecule has 2 atom stereocenters. The first-order chi connectivity index (χ1) is 39.5. The molecule has 0 spiro atoms. The Balaban J connectivity index is 3.28. The average molecular weight is 1130 g/mol. The third-order valence-electron chi connectivity index (χ3n) is 17.9. The molecule has 0 heterocycles. The van der Waals surface area contributed by atoms with E-state index in [2.05, 4.69) is 19.2 Å². The Hall–Kier alpha value is -1.14. The summed E-state index contributed by atoms with van der Waals surface area (Å²) >= 11 is 0. The molecule has 0 aromatic rings. The molecule has 0 aliphatic carbocycles. The van der Waals surface area contributed by atoms with Crippen LogP contribution in [-0.2, 0) is 14.3 Å². The highest BCUT2D eigenvalue weighted by atomic mass is 16.5. The number of ether oxygens (including phenoxy) is 1. The van der Waals surface area contributed by atoms with Crippen LogP contribution in [0.4, 0.5) is 0 Å². The molecule has 0 bridgehead atoms. The van der Waals surface area contributed by atoms with Crippen LogP contribution in [0.5, 0.6) is 0 Å². The lowest BCUT2D eigenvalue weighted by Gasteiger charge is -2.22. The van der Waals surface area contributed by atoms with E-state index in [0.29, 0.717) is 25.9 Å². The molecule has 0 aromatic heterocycles. The van der Waals surface area contributed by atoms with E-state index in [1.165, 1.54) is 366 Å². The van der Waals surface area contributed by atoms with Gasteiger partial charge in [0.2, 0.25) is 5.91 Å². The van der Waals surface area contributed by atoms with Crippen molar-refractivity contribution in [2.24, 2.45) is 0 Å². The van der Waals surface area contributed by atoms with Gasteiger partial charge in [-0.15, -0.1) is 0 Å². The summed E-state index contributed by atoms with van der Waals surface area (Å²) in [4.78, 5) is 24.6. The molecular formula is C74H147NO5. The summed E-state index contributed by atoms with van der Waals surface area (Å²) in [7, 11) is 0. The molecule has 2 unspecified atom stereocenters. The van der Waals surface area contributed by atoms with Gasteiger partial charge in [0.25, 0.3) is 0 Å². The van der Waals surface area contributed by atoms with Gasteiger partial charge < -0.3 is 20.3 Å². The number of hydrogen-bond acceptors (Lipinski definition) is 5. The topological polar surface area (TPSA) is 95.9 Å². The summed E-state index contributed by atoms with van der Waals surface area (Å²) in [6.45, 7) is 5.00. The zero-order valence-corrected chi connectivity index (χ0v) is 54.9. The van der Waals surface area contributed by atoms with Gasteiger partial charge in [0.05, 0.1) is 25.4 Å². The summed E-state index contributed by atoms with van der Waals surface area (Å²) in [5.41, 5.74) is 0. The number of nitrogens with one attached hydrogen (secondary N) is 1. The first-order valence-electron chi connectivity index (χ1n) is 37.3. The fourth-order valence-electron chi connectivity index (χ4n) is 12.2. The number of unbranched alkanes of at least 4 members (excludes halogenated alkanes) is 60. The summed E-state index contributed by atoms with van der Waals surface area (Å²) < 4.78 is 5.52. The van der Waals surface area contributed by atoms with Crippen molar-refractivity contribution in [2.45, 2.75) is 450 Å². The molecule has 0 radical (unpaired) electrons. The first kappa shape index (κ1) is 78.9. The predicted molar refractivity (Wildman–Crippen MR) is 352 cm³/mol. The van der Waals surface area contributed by atoms with Gasteiger partial charge in [-0.3, -0.25) is 9.59 Å². The van der Waals surface area contributed by atoms with Gasteiger partial charge >= 0.3 is 5.97 Å². The van der Waals surface area contributed by atoms with E-state index in [4.69, 9.17) is 4.74 Å². The average Bonchev–Trinajstić information content (AvgIpc) is 3.46. The maximum Gasteiger partial charge on any atom is 0.305 e. The largest absolute Gasteiger partial charge is 0.466 e. The highest BCUT2D eigenvalue weighted by molar-refractivity contribution is 5.76. The van der Waals surface area contributed by atoms with Gasteiger partial charge in [0, 0.05) is 12.8 Å². The number of carbonyl (C=O) groups excluding carboxylic acids is 2. The molecule has 0 rings (SSSR count). The van der Waals surface area contributed by atoms with E-state index in [1.807, 2.05) is 0 Å². The van der Waals surface area contributed by atoms with E-state index in [0.717, 1.165) is 38.5 Å². The normalized spacial score (nSPS) is 12.4. The Labute approximate surface area is 502 Å². The van der Waals surface area contributed by atoms with Gasteiger partial charge in [0.1, 0.15) is 0 Å². The monoisotopic (exact) mass is 1130 g/mol. The maximum absolute atomic E-state index is 12.5. The Morgan fingerprint density at radius 3 is 0.762 bits per heavy atom. The number of esters is 1. The Morgan fingerprint density at radius 2 is 0.512 bits per heavy atom. The number of amides is 1. The summed E-state index contributed by atoms with van der Waals surface area (Å²) in [5.74, 6) is -0.000431. The molecule has 0 aromatic carbocycles. The molecule has 80 heavy (non-hydrogen) atoms. The number of carbonyl (C=O) groups is 2. The van der Waals surface area contributed by atoms with Crippen molar-refractivity contribution in [1.82, 2.24) is 5.32 Å². The lowest BCUT2D eigenvalue weighted by molar-refractivity contribution is -0.143. The second-order valence-electron chi connectivity index (χ2n) is 26.0. The number of aliphatic hydroxyl groups is 2. The van der Waals surface area contributed by atoms with Crippen molar-refractivity contribution in [2.75, 3.05) is 13.2 Å². The second kappa shape index (κ2) is 70.3. The minimum absolute atomic E-state index is 0.0269. The van der Waals surface area contributed by atoms with Crippen molar-refractivity contribution >= 4 is 11.9 Å². The third-order valence-corrected chi connectivity index (χ3v) is 17.9. The fraction of sp³-hybridized carbons (Fsp3) is 0.973. The minimum atomic E-state index is -0.659. The van der Waals surface area contributed by atoms with Gasteiger partial charge in [-0.2, -0.15) is 0 Å². The molecule has 6 heteroatoms. The van der Waals surface area contributed by atoms with Crippen molar-refractivity contribution in [3.05, 3.63) is 0 Å². The quantitative estimate of drug-likeness (QED) is 0.0417. The van der Waals surface area contributed by atoms with Gasteiger partial charge in [0.15, 0.2) is 0 Å². The Kier molecular flexibility index (Phi) is 69.3. The molecule has 3 N–H and O–H groups in total. The van der Waals surface area contributed by atoms with E-state index < -0.39 is 12.1 Å². The van der Waals surface area contributed by atoms with Crippen LogP contribution in [-0.4, -0.2) is 47.4 Å². The van der Waals surface area contributed by atoms with Crippen LogP contribution in [0.2, 0.25) is 0 Å². The van der Waals surface area contributed by atoms with Gasteiger partial charge in [-0.1, -0.05) is 399 Å². The van der Waals surface area contributed by atoms with Crippen LogP contribution in [0, 0.1) is 0 Å². The molecule has 1 amide bonds. The zero-order chi connectivity index (χ0) is 57.8. The lowest BCUT2D eigenvalue weighted by atomic mass is 10.0. The van der Waals surface area contributed by atoms with E-state index in [-0.39, 0.29) is 18.5 Å². The number of aliphatic hydroxyl groups excluding tert-OH is 2. The van der Waals surface area contributed by atoms with Crippen LogP contribution in [0.3, 0.4) is 0 Å². The van der Waals surface area contributed by atoms with Crippen LogP contribution in [0.1, 0.15) is 438 Å². The number of rotatable bonds is 71. The molecule has 0 aliphatic rings. The lowest BCUT2D eigenvalue weighted by Crippen LogP contribution is -2.45. The number of hydrogen-bond donors (Lipinski definition) is 3. The van der Waals surface area contributed by atoms with Crippen LogP contribution in [0.25, 0.3) is 0 Å². The standard InChI is InChI=1S/C74H147NO5/c1-3-5-7-9-11-13-15-17-18-19-37-40-44-48-52-56-60-64-68-74(79)80-69-65-61-57-53-49-45-41-38-35-33-31-29-27-25-23-21-20-22-24-26-28-30-32-34-36-39-43-47-51-55-59-63-67-73(78)75-71(70-76)72(77)66-62-58-54-50-46-42-16-14-12-10-8-6-4-2/h71-72,76-77H,3-70H2,1-2H3,(H,75,78). The van der Waals surface area contributed by atoms with E-state index in [9.17, 15) is 19.8 Å². The van der Waals surface area contributed by atoms with E-state index in [1.54, 1.807) is 0 Å². The van der Waals surface area contributed by atoms with Crippen molar-refractivity contribution in [3.63, 3.8) is 0 Å². The van der Waals surface area contributed by atoms with Crippen molar-refractivity contribution < 1.29 is 24.5 Å². The Bertz CT molecular complexity index is 1160. The molecule has 478 valence electrons. The van der Waals surface area contributed by atoms with E-state index >= 15 is 0 Å². The molecule has 0 aliphatic heterocycles. The summed E-state index contributed by atoms with van der Waals surface area (Å²) in [6.07, 6.45) is 86.1. The first-order valence-corrected chi connectivity index (χ1v) is 37.3. The van der Waals surface area contributed by atoms with Crippen LogP contribution >= 0.6 is 0 Å².